The number of nitrogens with zero attached hydrogens (tertiary/aromatic N) is 2. The summed E-state index contributed by atoms with van der Waals surface area (Å²) in [6.45, 7) is 1.43. The van der Waals surface area contributed by atoms with Gasteiger partial charge in [0.1, 0.15) is 5.78 Å². The number of Topliss-reactive ketones (excluding diaryl/α,β-unsaturated/α-hetero) is 1. The molecule has 0 aliphatic carbocycles. The Morgan fingerprint density at radius 3 is 2.06 bits per heavy atom. The van der Waals surface area contributed by atoms with Crippen molar-refractivity contribution in [2.45, 2.75) is 25.2 Å². The quantitative estimate of drug-likeness (QED) is 0.769. The number of ketones is 1. The maximum absolute atomic E-state index is 11.7. The third-order valence-corrected chi connectivity index (χ3v) is 2.76. The molecule has 1 aromatic rings. The van der Waals surface area contributed by atoms with Crippen molar-refractivity contribution >= 4 is 5.78 Å². The summed E-state index contributed by atoms with van der Waals surface area (Å²) < 4.78 is 0. The largest absolute Gasteiger partial charge is 0.299 e. The number of benzene rings is 1. The topological polar surface area (TPSA) is 64.7 Å². The van der Waals surface area contributed by atoms with Crippen molar-refractivity contribution in [1.82, 2.24) is 0 Å². The van der Waals surface area contributed by atoms with Crippen LogP contribution in [0, 0.1) is 22.7 Å². The van der Waals surface area contributed by atoms with E-state index in [2.05, 4.69) is 0 Å². The fraction of sp³-hybridized carbons (Fsp3) is 0.308. The second-order valence-corrected chi connectivity index (χ2v) is 3.67. The van der Waals surface area contributed by atoms with Gasteiger partial charge in [-0.05, 0) is 12.5 Å². The highest BCUT2D eigenvalue weighted by atomic mass is 16.1. The van der Waals surface area contributed by atoms with Gasteiger partial charge in [0.15, 0.2) is 0 Å². The average Bonchev–Trinajstić information content (AvgIpc) is 2.29. The predicted molar refractivity (Wildman–Crippen MR) is 59.3 cm³/mol. The van der Waals surface area contributed by atoms with E-state index in [9.17, 15) is 4.79 Å². The molecule has 0 aliphatic rings. The van der Waals surface area contributed by atoms with E-state index in [0.29, 0.717) is 0 Å². The number of hydrogen-bond acceptors (Lipinski definition) is 3. The maximum atomic E-state index is 11.7. The molecule has 0 spiro atoms. The summed E-state index contributed by atoms with van der Waals surface area (Å²) >= 11 is 0. The summed E-state index contributed by atoms with van der Waals surface area (Å²) in [5.74, 6) is -0.137. The summed E-state index contributed by atoms with van der Waals surface area (Å²) in [7, 11) is 0. The van der Waals surface area contributed by atoms with Crippen molar-refractivity contribution in [2.75, 3.05) is 0 Å². The Morgan fingerprint density at radius 1 is 1.19 bits per heavy atom. The average molecular weight is 212 g/mol. The van der Waals surface area contributed by atoms with E-state index in [0.717, 1.165) is 5.56 Å². The number of carbonyl (C=O) groups excluding carboxylic acids is 1. The van der Waals surface area contributed by atoms with Crippen LogP contribution in [0.25, 0.3) is 0 Å². The van der Waals surface area contributed by atoms with Crippen LogP contribution in [0.15, 0.2) is 30.3 Å². The Morgan fingerprint density at radius 2 is 1.69 bits per heavy atom. The summed E-state index contributed by atoms with van der Waals surface area (Å²) in [4.78, 5) is 11.7. The minimum absolute atomic E-state index is 0.0416. The molecule has 3 heteroatoms. The first-order valence-electron chi connectivity index (χ1n) is 4.98. The van der Waals surface area contributed by atoms with Gasteiger partial charge >= 0.3 is 0 Å². The minimum atomic E-state index is -0.967. The number of nitriles is 2. The van der Waals surface area contributed by atoms with E-state index >= 15 is 0 Å². The molecule has 0 heterocycles. The summed E-state index contributed by atoms with van der Waals surface area (Å²) in [6, 6.07) is 13.0. The fourth-order valence-electron chi connectivity index (χ4n) is 1.75. The van der Waals surface area contributed by atoms with Crippen LogP contribution in [0.5, 0.6) is 0 Å². The van der Waals surface area contributed by atoms with Crippen LogP contribution in [0.2, 0.25) is 0 Å². The molecule has 16 heavy (non-hydrogen) atoms. The molecule has 0 saturated carbocycles. The lowest BCUT2D eigenvalue weighted by atomic mass is 9.73. The van der Waals surface area contributed by atoms with E-state index in [-0.39, 0.29) is 18.6 Å². The number of carbonyl (C=O) groups is 1. The number of rotatable bonds is 4. The lowest BCUT2D eigenvalue weighted by molar-refractivity contribution is -0.122. The van der Waals surface area contributed by atoms with Gasteiger partial charge in [0.05, 0.1) is 30.4 Å². The fourth-order valence-corrected chi connectivity index (χ4v) is 1.75. The Bertz CT molecular complexity index is 435. The van der Waals surface area contributed by atoms with Crippen LogP contribution in [-0.2, 0) is 10.2 Å². The second kappa shape index (κ2) is 5.09. The monoisotopic (exact) mass is 212 g/mol. The maximum Gasteiger partial charge on any atom is 0.142 e. The molecule has 1 rings (SSSR count). The summed E-state index contributed by atoms with van der Waals surface area (Å²) in [5.41, 5.74) is -0.226. The van der Waals surface area contributed by atoms with Gasteiger partial charge in [-0.15, -0.1) is 0 Å². The first-order valence-corrected chi connectivity index (χ1v) is 4.98. The second-order valence-electron chi connectivity index (χ2n) is 3.67. The number of hydrogen-bond donors (Lipinski definition) is 0. The van der Waals surface area contributed by atoms with Crippen LogP contribution in [0.1, 0.15) is 25.3 Å². The standard InChI is InChI=1S/C13H12N2O/c1-11(16)13(7-9-14,8-10-15)12-5-3-2-4-6-12/h2-6H,7-8H2,1H3. The summed E-state index contributed by atoms with van der Waals surface area (Å²) in [6.07, 6.45) is 0.0831. The van der Waals surface area contributed by atoms with Gasteiger partial charge < -0.3 is 0 Å². The Balaban J connectivity index is 3.29. The first-order chi connectivity index (χ1) is 7.67. The SMILES string of the molecule is CC(=O)C(CC#N)(CC#N)c1ccccc1. The lowest BCUT2D eigenvalue weighted by Gasteiger charge is -2.26. The molecular formula is C13H12N2O. The zero-order valence-corrected chi connectivity index (χ0v) is 9.10. The van der Waals surface area contributed by atoms with Gasteiger partial charge in [-0.25, -0.2) is 0 Å². The normalized spacial score (nSPS) is 10.2. The zero-order chi connectivity index (χ0) is 12.0. The third kappa shape index (κ3) is 2.10. The van der Waals surface area contributed by atoms with Crippen LogP contribution in [0.3, 0.4) is 0 Å². The molecule has 0 amide bonds. The summed E-state index contributed by atoms with van der Waals surface area (Å²) in [5, 5.41) is 17.7. The molecule has 80 valence electrons. The lowest BCUT2D eigenvalue weighted by Crippen LogP contribution is -2.33. The van der Waals surface area contributed by atoms with Crippen molar-refractivity contribution in [2.24, 2.45) is 0 Å². The van der Waals surface area contributed by atoms with Crippen molar-refractivity contribution < 1.29 is 4.79 Å². The molecule has 0 bridgehead atoms. The molecule has 1 aromatic carbocycles. The van der Waals surface area contributed by atoms with Gasteiger partial charge in [-0.2, -0.15) is 10.5 Å². The Labute approximate surface area is 94.9 Å². The first kappa shape index (κ1) is 11.9. The predicted octanol–water partition coefficient (Wildman–Crippen LogP) is 2.34. The molecule has 0 aromatic heterocycles. The van der Waals surface area contributed by atoms with Gasteiger partial charge in [0, 0.05) is 0 Å². The van der Waals surface area contributed by atoms with Crippen molar-refractivity contribution in [3.63, 3.8) is 0 Å². The molecule has 0 unspecified atom stereocenters. The molecule has 0 fully saturated rings. The highest BCUT2D eigenvalue weighted by molar-refractivity contribution is 5.88. The van der Waals surface area contributed by atoms with Gasteiger partial charge in [-0.1, -0.05) is 30.3 Å². The van der Waals surface area contributed by atoms with E-state index in [1.165, 1.54) is 6.92 Å². The zero-order valence-electron chi connectivity index (χ0n) is 9.10. The molecule has 0 radical (unpaired) electrons. The highest BCUT2D eigenvalue weighted by Gasteiger charge is 2.37. The molecule has 0 aliphatic heterocycles. The van der Waals surface area contributed by atoms with Crippen LogP contribution in [0.4, 0.5) is 0 Å². The van der Waals surface area contributed by atoms with Gasteiger partial charge in [-0.3, -0.25) is 4.79 Å². The van der Waals surface area contributed by atoms with Crippen molar-refractivity contribution in [3.8, 4) is 12.1 Å². The minimum Gasteiger partial charge on any atom is -0.299 e. The van der Waals surface area contributed by atoms with Gasteiger partial charge in [0.2, 0.25) is 0 Å². The third-order valence-electron chi connectivity index (χ3n) is 2.76. The Hall–Kier alpha value is -2.13. The smallest absolute Gasteiger partial charge is 0.142 e. The molecule has 0 N–H and O–H groups in total. The van der Waals surface area contributed by atoms with Crippen LogP contribution >= 0.6 is 0 Å². The van der Waals surface area contributed by atoms with E-state index in [1.807, 2.05) is 30.3 Å². The van der Waals surface area contributed by atoms with Crippen LogP contribution < -0.4 is 0 Å². The van der Waals surface area contributed by atoms with E-state index in [4.69, 9.17) is 10.5 Å². The van der Waals surface area contributed by atoms with Crippen molar-refractivity contribution in [1.29, 1.82) is 10.5 Å². The van der Waals surface area contributed by atoms with Gasteiger partial charge in [0.25, 0.3) is 0 Å². The molecule has 3 nitrogen and oxygen atoms in total. The van der Waals surface area contributed by atoms with E-state index in [1.54, 1.807) is 12.1 Å². The van der Waals surface area contributed by atoms with Crippen molar-refractivity contribution in [3.05, 3.63) is 35.9 Å². The molecule has 0 saturated heterocycles. The molecular weight excluding hydrogens is 200 g/mol. The van der Waals surface area contributed by atoms with Crippen LogP contribution in [-0.4, -0.2) is 5.78 Å². The van der Waals surface area contributed by atoms with E-state index < -0.39 is 5.41 Å². The highest BCUT2D eigenvalue weighted by Crippen LogP contribution is 2.32. The molecule has 0 atom stereocenters. The Kier molecular flexibility index (Phi) is 3.80.